The van der Waals surface area contributed by atoms with Gasteiger partial charge in [-0.15, -0.1) is 0 Å². The molecule has 178 valence electrons. The number of amides is 1. The molecule has 1 amide bonds. The molecule has 1 aliphatic rings. The lowest BCUT2D eigenvalue weighted by molar-refractivity contribution is -0.129. The lowest BCUT2D eigenvalue weighted by Crippen LogP contribution is -2.52. The molecule has 1 fully saturated rings. The lowest BCUT2D eigenvalue weighted by Gasteiger charge is -2.37. The van der Waals surface area contributed by atoms with E-state index in [1.807, 2.05) is 6.92 Å². The van der Waals surface area contributed by atoms with Crippen LogP contribution in [0.5, 0.6) is 0 Å². The number of rotatable bonds is 6. The zero-order valence-corrected chi connectivity index (χ0v) is 20.3. The third kappa shape index (κ3) is 5.18. The number of carbonyl (C=O) groups excluding carboxylic acids is 1. The smallest absolute Gasteiger partial charge is 0.264 e. The topological polar surface area (TPSA) is 60.9 Å². The van der Waals surface area contributed by atoms with Gasteiger partial charge in [0.2, 0.25) is 5.91 Å². The van der Waals surface area contributed by atoms with Crippen LogP contribution in [0.3, 0.4) is 0 Å². The van der Waals surface area contributed by atoms with E-state index in [-0.39, 0.29) is 23.2 Å². The summed E-state index contributed by atoms with van der Waals surface area (Å²) in [6.45, 7) is 3.49. The fourth-order valence-corrected chi connectivity index (χ4v) is 5.46. The minimum atomic E-state index is -3.99. The van der Waals surface area contributed by atoms with Crippen molar-refractivity contribution in [3.05, 3.63) is 89.2 Å². The Hall–Kier alpha value is -3.10. The maximum Gasteiger partial charge on any atom is 0.264 e. The molecule has 3 aromatic carbocycles. The van der Waals surface area contributed by atoms with E-state index in [1.54, 1.807) is 53.4 Å². The van der Waals surface area contributed by atoms with Crippen molar-refractivity contribution in [2.45, 2.75) is 11.8 Å². The molecular formula is C25H25ClFN3O3S. The fourth-order valence-electron chi connectivity index (χ4n) is 3.86. The van der Waals surface area contributed by atoms with E-state index in [2.05, 4.69) is 4.90 Å². The molecule has 0 saturated carbocycles. The van der Waals surface area contributed by atoms with Gasteiger partial charge >= 0.3 is 0 Å². The number of sulfonamides is 1. The summed E-state index contributed by atoms with van der Waals surface area (Å²) in [6.07, 6.45) is 0. The highest BCUT2D eigenvalue weighted by Crippen LogP contribution is 2.28. The molecule has 0 aliphatic carbocycles. The van der Waals surface area contributed by atoms with E-state index in [1.165, 1.54) is 24.3 Å². The van der Waals surface area contributed by atoms with Crippen molar-refractivity contribution in [1.29, 1.82) is 0 Å². The highest BCUT2D eigenvalue weighted by Gasteiger charge is 2.30. The number of anilines is 2. The molecule has 34 heavy (non-hydrogen) atoms. The Labute approximate surface area is 204 Å². The van der Waals surface area contributed by atoms with Crippen LogP contribution in [0.25, 0.3) is 0 Å². The van der Waals surface area contributed by atoms with E-state index in [4.69, 9.17) is 11.6 Å². The molecule has 6 nitrogen and oxygen atoms in total. The third-order valence-corrected chi connectivity index (χ3v) is 8.07. The molecule has 0 radical (unpaired) electrons. The summed E-state index contributed by atoms with van der Waals surface area (Å²) in [5.74, 6) is -0.594. The van der Waals surface area contributed by atoms with Crippen molar-refractivity contribution in [2.24, 2.45) is 0 Å². The molecule has 9 heteroatoms. The normalized spacial score (nSPS) is 14.2. The number of halogens is 2. The van der Waals surface area contributed by atoms with E-state index in [0.29, 0.717) is 36.9 Å². The Balaban J connectivity index is 1.54. The molecule has 3 aromatic rings. The predicted molar refractivity (Wildman–Crippen MR) is 132 cm³/mol. The van der Waals surface area contributed by atoms with E-state index in [0.717, 1.165) is 15.6 Å². The highest BCUT2D eigenvalue weighted by atomic mass is 35.5. The first kappa shape index (κ1) is 24.0. The number of carbonyl (C=O) groups is 1. The van der Waals surface area contributed by atoms with Crippen LogP contribution in [-0.4, -0.2) is 51.9 Å². The van der Waals surface area contributed by atoms with Gasteiger partial charge in [-0.2, -0.15) is 0 Å². The van der Waals surface area contributed by atoms with Gasteiger partial charge in [0.15, 0.2) is 0 Å². The van der Waals surface area contributed by atoms with Gasteiger partial charge in [-0.05, 0) is 61.0 Å². The summed E-state index contributed by atoms with van der Waals surface area (Å²) >= 11 is 6.28. The van der Waals surface area contributed by atoms with Crippen molar-refractivity contribution >= 4 is 38.9 Å². The van der Waals surface area contributed by atoms with Crippen molar-refractivity contribution in [2.75, 3.05) is 41.9 Å². The van der Waals surface area contributed by atoms with Crippen LogP contribution < -0.4 is 9.21 Å². The first-order valence-electron chi connectivity index (χ1n) is 10.9. The SMILES string of the molecule is Cc1ccc(N(CC(=O)N2CCN(c3ccc(F)cc3)CC2)S(=O)(=O)c2ccccc2)cc1Cl. The van der Waals surface area contributed by atoms with Gasteiger partial charge in [-0.3, -0.25) is 9.10 Å². The van der Waals surface area contributed by atoms with Gasteiger partial charge in [0.25, 0.3) is 10.0 Å². The number of aryl methyl sites for hydroxylation is 1. The van der Waals surface area contributed by atoms with Gasteiger partial charge in [0.05, 0.1) is 10.6 Å². The predicted octanol–water partition coefficient (Wildman–Crippen LogP) is 4.33. The average molecular weight is 502 g/mol. The highest BCUT2D eigenvalue weighted by molar-refractivity contribution is 7.92. The van der Waals surface area contributed by atoms with Gasteiger partial charge < -0.3 is 9.80 Å². The Morgan fingerprint density at radius 2 is 1.62 bits per heavy atom. The summed E-state index contributed by atoms with van der Waals surface area (Å²) in [4.78, 5) is 17.0. The Kier molecular flexibility index (Phi) is 7.09. The molecule has 1 aliphatic heterocycles. The fraction of sp³-hybridized carbons (Fsp3) is 0.240. The van der Waals surface area contributed by atoms with Crippen LogP contribution in [-0.2, 0) is 14.8 Å². The van der Waals surface area contributed by atoms with Crippen molar-refractivity contribution in [3.8, 4) is 0 Å². The van der Waals surface area contributed by atoms with Gasteiger partial charge in [-0.1, -0.05) is 35.9 Å². The van der Waals surface area contributed by atoms with Crippen LogP contribution in [0.2, 0.25) is 5.02 Å². The zero-order valence-electron chi connectivity index (χ0n) is 18.7. The van der Waals surface area contributed by atoms with Crippen LogP contribution in [0.15, 0.2) is 77.7 Å². The molecule has 0 unspecified atom stereocenters. The van der Waals surface area contributed by atoms with Crippen LogP contribution in [0.4, 0.5) is 15.8 Å². The standard InChI is InChI=1S/C25H25ClFN3O3S/c1-19-7-10-22(17-24(19)26)30(34(32,33)23-5-3-2-4-6-23)18-25(31)29-15-13-28(14-16-29)21-11-8-20(27)9-12-21/h2-12,17H,13-16,18H2,1H3. The second kappa shape index (κ2) is 10.0. The first-order chi connectivity index (χ1) is 16.3. The van der Waals surface area contributed by atoms with E-state index < -0.39 is 10.0 Å². The summed E-state index contributed by atoms with van der Waals surface area (Å²) < 4.78 is 41.3. The minimum absolute atomic E-state index is 0.0978. The Bertz CT molecular complexity index is 1260. The summed E-state index contributed by atoms with van der Waals surface area (Å²) in [5, 5.41) is 0.422. The van der Waals surface area contributed by atoms with E-state index >= 15 is 0 Å². The molecule has 0 bridgehead atoms. The average Bonchev–Trinajstić information content (AvgIpc) is 2.85. The van der Waals surface area contributed by atoms with Crippen molar-refractivity contribution in [3.63, 3.8) is 0 Å². The molecule has 0 spiro atoms. The zero-order chi connectivity index (χ0) is 24.3. The maximum atomic E-state index is 13.5. The van der Waals surface area contributed by atoms with Gasteiger partial charge in [0, 0.05) is 36.9 Å². The molecule has 0 atom stereocenters. The number of hydrogen-bond acceptors (Lipinski definition) is 4. The Morgan fingerprint density at radius 1 is 0.971 bits per heavy atom. The van der Waals surface area contributed by atoms with Crippen LogP contribution >= 0.6 is 11.6 Å². The molecular weight excluding hydrogens is 477 g/mol. The molecule has 0 aromatic heterocycles. The van der Waals surface area contributed by atoms with Gasteiger partial charge in [0.1, 0.15) is 12.4 Å². The molecule has 1 saturated heterocycles. The number of hydrogen-bond donors (Lipinski definition) is 0. The Morgan fingerprint density at radius 3 is 2.24 bits per heavy atom. The molecule has 0 N–H and O–H groups in total. The lowest BCUT2D eigenvalue weighted by atomic mass is 10.2. The van der Waals surface area contributed by atoms with Crippen molar-refractivity contribution < 1.29 is 17.6 Å². The van der Waals surface area contributed by atoms with Gasteiger partial charge in [-0.25, -0.2) is 12.8 Å². The van der Waals surface area contributed by atoms with E-state index in [9.17, 15) is 17.6 Å². The second-order valence-electron chi connectivity index (χ2n) is 8.10. The quantitative estimate of drug-likeness (QED) is 0.504. The largest absolute Gasteiger partial charge is 0.368 e. The van der Waals surface area contributed by atoms with Crippen LogP contribution in [0.1, 0.15) is 5.56 Å². The molecule has 4 rings (SSSR count). The number of nitrogens with zero attached hydrogens (tertiary/aromatic N) is 3. The summed E-state index contributed by atoms with van der Waals surface area (Å²) in [5.41, 5.74) is 2.03. The van der Waals surface area contributed by atoms with Crippen molar-refractivity contribution in [1.82, 2.24) is 4.90 Å². The van der Waals surface area contributed by atoms with Crippen LogP contribution in [0, 0.1) is 12.7 Å². The first-order valence-corrected chi connectivity index (χ1v) is 12.7. The summed E-state index contributed by atoms with van der Waals surface area (Å²) in [6, 6.07) is 19.2. The maximum absolute atomic E-state index is 13.5. The third-order valence-electron chi connectivity index (χ3n) is 5.88. The number of benzene rings is 3. The minimum Gasteiger partial charge on any atom is -0.368 e. The monoisotopic (exact) mass is 501 g/mol. The second-order valence-corrected chi connectivity index (χ2v) is 10.4. The summed E-state index contributed by atoms with van der Waals surface area (Å²) in [7, 11) is -3.99. The number of piperazine rings is 1. The molecule has 1 heterocycles.